The Balaban J connectivity index is 2.88. The molecule has 1 atom stereocenters. The van der Waals surface area contributed by atoms with Gasteiger partial charge in [-0.3, -0.25) is 0 Å². The van der Waals surface area contributed by atoms with E-state index >= 15 is 0 Å². The van der Waals surface area contributed by atoms with E-state index in [9.17, 15) is 5.11 Å². The van der Waals surface area contributed by atoms with Crippen LogP contribution in [0.1, 0.15) is 18.0 Å². The first-order chi connectivity index (χ1) is 5.75. The standard InChI is InChI=1S/C9H10N2O/c10-6-5-8(11)7-3-1-2-4-9(7)12/h1-4,8,12H,5,11H2. The predicted octanol–water partition coefficient (Wildman–Crippen LogP) is 1.31. The van der Waals surface area contributed by atoms with Crippen molar-refractivity contribution in [1.82, 2.24) is 0 Å². The molecule has 3 nitrogen and oxygen atoms in total. The summed E-state index contributed by atoms with van der Waals surface area (Å²) in [7, 11) is 0. The van der Waals surface area contributed by atoms with Crippen LogP contribution in [0.25, 0.3) is 0 Å². The maximum absolute atomic E-state index is 9.32. The van der Waals surface area contributed by atoms with Gasteiger partial charge < -0.3 is 10.8 Å². The van der Waals surface area contributed by atoms with Gasteiger partial charge in [-0.1, -0.05) is 18.2 Å². The van der Waals surface area contributed by atoms with E-state index in [-0.39, 0.29) is 12.2 Å². The first kappa shape index (κ1) is 8.57. The van der Waals surface area contributed by atoms with Gasteiger partial charge in [0.1, 0.15) is 5.75 Å². The molecule has 0 saturated carbocycles. The van der Waals surface area contributed by atoms with Gasteiger partial charge in [-0.25, -0.2) is 0 Å². The molecule has 1 aromatic carbocycles. The molecule has 0 fully saturated rings. The van der Waals surface area contributed by atoms with Crippen LogP contribution in [-0.2, 0) is 0 Å². The monoisotopic (exact) mass is 162 g/mol. The minimum atomic E-state index is -0.392. The van der Waals surface area contributed by atoms with Gasteiger partial charge in [0.15, 0.2) is 0 Å². The van der Waals surface area contributed by atoms with Crippen molar-refractivity contribution in [2.24, 2.45) is 5.73 Å². The van der Waals surface area contributed by atoms with E-state index in [1.54, 1.807) is 24.3 Å². The van der Waals surface area contributed by atoms with Crippen LogP contribution >= 0.6 is 0 Å². The number of nitriles is 1. The fourth-order valence-corrected chi connectivity index (χ4v) is 1.01. The summed E-state index contributed by atoms with van der Waals surface area (Å²) in [5.41, 5.74) is 6.25. The summed E-state index contributed by atoms with van der Waals surface area (Å²) in [4.78, 5) is 0. The van der Waals surface area contributed by atoms with Gasteiger partial charge in [-0.2, -0.15) is 5.26 Å². The van der Waals surface area contributed by atoms with E-state index in [2.05, 4.69) is 0 Å². The number of nitrogens with zero attached hydrogens (tertiary/aromatic N) is 1. The second-order valence-corrected chi connectivity index (χ2v) is 2.53. The Morgan fingerprint density at radius 1 is 1.50 bits per heavy atom. The molecular formula is C9H10N2O. The van der Waals surface area contributed by atoms with Crippen molar-refractivity contribution in [3.63, 3.8) is 0 Å². The van der Waals surface area contributed by atoms with Crippen molar-refractivity contribution in [2.75, 3.05) is 0 Å². The van der Waals surface area contributed by atoms with E-state index in [1.165, 1.54) is 0 Å². The normalized spacial score (nSPS) is 12.0. The quantitative estimate of drug-likeness (QED) is 0.688. The van der Waals surface area contributed by atoms with E-state index in [4.69, 9.17) is 11.0 Å². The van der Waals surface area contributed by atoms with Crippen LogP contribution in [0, 0.1) is 11.3 Å². The van der Waals surface area contributed by atoms with Crippen LogP contribution in [0.2, 0.25) is 0 Å². The zero-order valence-electron chi connectivity index (χ0n) is 6.57. The average molecular weight is 162 g/mol. The van der Waals surface area contributed by atoms with Crippen molar-refractivity contribution >= 4 is 0 Å². The van der Waals surface area contributed by atoms with Crippen molar-refractivity contribution < 1.29 is 5.11 Å². The van der Waals surface area contributed by atoms with Gasteiger partial charge in [0, 0.05) is 11.6 Å². The molecule has 0 aliphatic heterocycles. The van der Waals surface area contributed by atoms with Gasteiger partial charge >= 0.3 is 0 Å². The number of aromatic hydroxyl groups is 1. The molecule has 12 heavy (non-hydrogen) atoms. The number of hydrogen-bond donors (Lipinski definition) is 2. The lowest BCUT2D eigenvalue weighted by molar-refractivity contribution is 0.462. The molecule has 1 rings (SSSR count). The fraction of sp³-hybridized carbons (Fsp3) is 0.222. The summed E-state index contributed by atoms with van der Waals surface area (Å²) in [5, 5.41) is 17.7. The number of rotatable bonds is 2. The Morgan fingerprint density at radius 3 is 2.75 bits per heavy atom. The molecule has 62 valence electrons. The van der Waals surface area contributed by atoms with Crippen LogP contribution in [0.4, 0.5) is 0 Å². The second-order valence-electron chi connectivity index (χ2n) is 2.53. The summed E-state index contributed by atoms with van der Waals surface area (Å²) in [6.45, 7) is 0. The van der Waals surface area contributed by atoms with Gasteiger partial charge in [-0.15, -0.1) is 0 Å². The molecule has 0 heterocycles. The second kappa shape index (κ2) is 3.74. The smallest absolute Gasteiger partial charge is 0.120 e. The highest BCUT2D eigenvalue weighted by molar-refractivity contribution is 5.34. The van der Waals surface area contributed by atoms with Gasteiger partial charge in [0.05, 0.1) is 12.5 Å². The Kier molecular flexibility index (Phi) is 2.67. The first-order valence-electron chi connectivity index (χ1n) is 3.66. The third kappa shape index (κ3) is 1.74. The maximum Gasteiger partial charge on any atom is 0.120 e. The molecule has 0 aliphatic carbocycles. The Hall–Kier alpha value is -1.53. The van der Waals surface area contributed by atoms with E-state index in [0.29, 0.717) is 5.56 Å². The predicted molar refractivity (Wildman–Crippen MR) is 45.3 cm³/mol. The third-order valence-electron chi connectivity index (χ3n) is 1.65. The molecule has 1 unspecified atom stereocenters. The number of benzene rings is 1. The highest BCUT2D eigenvalue weighted by atomic mass is 16.3. The molecule has 0 radical (unpaired) electrons. The van der Waals surface area contributed by atoms with Crippen molar-refractivity contribution in [1.29, 1.82) is 5.26 Å². The molecule has 0 bridgehead atoms. The summed E-state index contributed by atoms with van der Waals surface area (Å²) in [6, 6.07) is 8.35. The number of hydrogen-bond acceptors (Lipinski definition) is 3. The van der Waals surface area contributed by atoms with Gasteiger partial charge in [0.2, 0.25) is 0 Å². The number of para-hydroxylation sites is 1. The summed E-state index contributed by atoms with van der Waals surface area (Å²) in [6.07, 6.45) is 0.220. The SMILES string of the molecule is N#CCC(N)c1ccccc1O. The number of phenols is 1. The maximum atomic E-state index is 9.32. The average Bonchev–Trinajstić information content (AvgIpc) is 2.05. The Bertz CT molecular complexity index is 304. The lowest BCUT2D eigenvalue weighted by Crippen LogP contribution is -2.09. The van der Waals surface area contributed by atoms with E-state index in [0.717, 1.165) is 0 Å². The number of nitrogens with two attached hydrogens (primary N) is 1. The van der Waals surface area contributed by atoms with Crippen LogP contribution in [-0.4, -0.2) is 5.11 Å². The highest BCUT2D eigenvalue weighted by Gasteiger charge is 2.08. The topological polar surface area (TPSA) is 70.0 Å². The highest BCUT2D eigenvalue weighted by Crippen LogP contribution is 2.23. The summed E-state index contributed by atoms with van der Waals surface area (Å²) >= 11 is 0. The van der Waals surface area contributed by atoms with Crippen molar-refractivity contribution in [3.8, 4) is 11.8 Å². The van der Waals surface area contributed by atoms with Gasteiger partial charge in [-0.05, 0) is 6.07 Å². The zero-order chi connectivity index (χ0) is 8.97. The van der Waals surface area contributed by atoms with Crippen LogP contribution in [0.15, 0.2) is 24.3 Å². The van der Waals surface area contributed by atoms with Crippen LogP contribution in [0.5, 0.6) is 5.75 Å². The first-order valence-corrected chi connectivity index (χ1v) is 3.66. The van der Waals surface area contributed by atoms with Crippen LogP contribution < -0.4 is 5.73 Å². The molecule has 1 aromatic rings. The molecule has 0 saturated heterocycles. The minimum absolute atomic E-state index is 0.153. The molecule has 0 amide bonds. The molecule has 0 spiro atoms. The molecule has 0 aliphatic rings. The van der Waals surface area contributed by atoms with Gasteiger partial charge in [0.25, 0.3) is 0 Å². The van der Waals surface area contributed by atoms with E-state index in [1.807, 2.05) is 6.07 Å². The minimum Gasteiger partial charge on any atom is -0.508 e. The third-order valence-corrected chi connectivity index (χ3v) is 1.65. The molecular weight excluding hydrogens is 152 g/mol. The lowest BCUT2D eigenvalue weighted by Gasteiger charge is -2.08. The molecule has 0 aromatic heterocycles. The zero-order valence-corrected chi connectivity index (χ0v) is 6.57. The summed E-state index contributed by atoms with van der Waals surface area (Å²) in [5.74, 6) is 0.153. The fourth-order valence-electron chi connectivity index (χ4n) is 1.01. The molecule has 3 heteroatoms. The lowest BCUT2D eigenvalue weighted by atomic mass is 10.0. The van der Waals surface area contributed by atoms with E-state index < -0.39 is 6.04 Å². The number of phenolic OH excluding ortho intramolecular Hbond substituents is 1. The van der Waals surface area contributed by atoms with Crippen molar-refractivity contribution in [2.45, 2.75) is 12.5 Å². The summed E-state index contributed by atoms with van der Waals surface area (Å²) < 4.78 is 0. The largest absolute Gasteiger partial charge is 0.508 e. The molecule has 3 N–H and O–H groups in total. The van der Waals surface area contributed by atoms with Crippen LogP contribution in [0.3, 0.4) is 0 Å². The Labute approximate surface area is 71.1 Å². The Morgan fingerprint density at radius 2 is 2.17 bits per heavy atom. The van der Waals surface area contributed by atoms with Crippen molar-refractivity contribution in [3.05, 3.63) is 29.8 Å².